The second-order valence-electron chi connectivity index (χ2n) is 5.76. The van der Waals surface area contributed by atoms with E-state index in [1.54, 1.807) is 0 Å². The van der Waals surface area contributed by atoms with E-state index >= 15 is 0 Å². The lowest BCUT2D eigenvalue weighted by Gasteiger charge is -2.19. The van der Waals surface area contributed by atoms with Gasteiger partial charge in [0.05, 0.1) is 19.0 Å². The van der Waals surface area contributed by atoms with Crippen LogP contribution in [0.15, 0.2) is 24.5 Å². The van der Waals surface area contributed by atoms with Gasteiger partial charge in [-0.05, 0) is 31.6 Å². The van der Waals surface area contributed by atoms with Gasteiger partial charge in [-0.25, -0.2) is 9.97 Å². The second-order valence-corrected chi connectivity index (χ2v) is 5.76. The van der Waals surface area contributed by atoms with E-state index in [0.717, 1.165) is 18.9 Å². The largest absolute Gasteiger partial charge is 0.477 e. The predicted molar refractivity (Wildman–Crippen MR) is 78.8 cm³/mol. The van der Waals surface area contributed by atoms with Gasteiger partial charge in [0.2, 0.25) is 11.8 Å². The maximum atomic E-state index is 12.2. The Kier molecular flexibility index (Phi) is 4.05. The summed E-state index contributed by atoms with van der Waals surface area (Å²) in [5.41, 5.74) is 0.914. The van der Waals surface area contributed by atoms with Crippen molar-refractivity contribution in [1.29, 1.82) is 5.26 Å². The van der Waals surface area contributed by atoms with E-state index in [1.165, 1.54) is 18.8 Å². The Bertz CT molecular complexity index is 620. The summed E-state index contributed by atoms with van der Waals surface area (Å²) >= 11 is 0. The van der Waals surface area contributed by atoms with E-state index in [2.05, 4.69) is 16.5 Å². The molecule has 0 aromatic carbocycles. The molecule has 3 rings (SSSR count). The van der Waals surface area contributed by atoms with Crippen molar-refractivity contribution in [1.82, 2.24) is 14.9 Å². The quantitative estimate of drug-likeness (QED) is 0.590. The van der Waals surface area contributed by atoms with Crippen LogP contribution in [-0.2, 0) is 4.79 Å². The van der Waals surface area contributed by atoms with Crippen molar-refractivity contribution in [3.8, 4) is 11.9 Å². The molecule has 6 nitrogen and oxygen atoms in total. The third-order valence-corrected chi connectivity index (χ3v) is 4.21. The molecule has 2 heterocycles. The van der Waals surface area contributed by atoms with E-state index < -0.39 is 0 Å². The smallest absolute Gasteiger partial charge is 0.249 e. The summed E-state index contributed by atoms with van der Waals surface area (Å²) in [5, 5.41) is 8.63. The number of nitriles is 1. The minimum Gasteiger partial charge on any atom is -0.477 e. The monoisotopic (exact) mass is 298 g/mol. The lowest BCUT2D eigenvalue weighted by Crippen LogP contribution is -2.31. The Morgan fingerprint density at radius 2 is 2.36 bits per heavy atom. The topological polar surface area (TPSA) is 79.1 Å². The number of nitrogens with zero attached hydrogens (tertiary/aromatic N) is 4. The summed E-state index contributed by atoms with van der Waals surface area (Å²) < 4.78 is 5.44. The highest BCUT2D eigenvalue weighted by Gasteiger charge is 2.48. The molecular formula is C16H18N4O2. The first-order chi connectivity index (χ1) is 10.7. The molecule has 2 atom stereocenters. The number of carbonyl (C=O) groups is 1. The molecule has 2 aliphatic rings. The number of rotatable bonds is 6. The van der Waals surface area contributed by atoms with Gasteiger partial charge in [-0.15, -0.1) is 0 Å². The SMILES string of the molecule is C=C(CCCOc1cnc(C#N)cn1)C(=O)N1CCC2CC21. The van der Waals surface area contributed by atoms with E-state index in [-0.39, 0.29) is 11.6 Å². The normalized spacial score (nSPS) is 21.9. The van der Waals surface area contributed by atoms with Crippen LogP contribution in [0.25, 0.3) is 0 Å². The van der Waals surface area contributed by atoms with Crippen LogP contribution in [0.3, 0.4) is 0 Å². The van der Waals surface area contributed by atoms with E-state index in [1.807, 2.05) is 11.0 Å². The predicted octanol–water partition coefficient (Wildman–Crippen LogP) is 1.68. The summed E-state index contributed by atoms with van der Waals surface area (Å²) in [6.45, 7) is 5.23. The van der Waals surface area contributed by atoms with Gasteiger partial charge in [0.25, 0.3) is 0 Å². The van der Waals surface area contributed by atoms with E-state index in [9.17, 15) is 4.79 Å². The van der Waals surface area contributed by atoms with Crippen molar-refractivity contribution in [2.24, 2.45) is 5.92 Å². The highest BCUT2D eigenvalue weighted by molar-refractivity contribution is 5.93. The molecule has 1 aromatic rings. The number of aromatic nitrogens is 2. The molecule has 6 heteroatoms. The summed E-state index contributed by atoms with van der Waals surface area (Å²) in [6, 6.07) is 2.38. The Morgan fingerprint density at radius 1 is 1.50 bits per heavy atom. The first-order valence-electron chi connectivity index (χ1n) is 7.52. The Balaban J connectivity index is 1.38. The molecule has 2 unspecified atom stereocenters. The number of likely N-dealkylation sites (tertiary alicyclic amines) is 1. The van der Waals surface area contributed by atoms with Gasteiger partial charge in [-0.1, -0.05) is 6.58 Å². The summed E-state index contributed by atoms with van der Waals surface area (Å²) in [4.78, 5) is 22.1. The van der Waals surface area contributed by atoms with Gasteiger partial charge in [0.1, 0.15) is 6.07 Å². The van der Waals surface area contributed by atoms with Crippen LogP contribution >= 0.6 is 0 Å². The van der Waals surface area contributed by atoms with Crippen molar-refractivity contribution < 1.29 is 9.53 Å². The zero-order valence-electron chi connectivity index (χ0n) is 12.4. The van der Waals surface area contributed by atoms with Crippen LogP contribution in [0.1, 0.15) is 31.4 Å². The molecule has 1 aromatic heterocycles. The van der Waals surface area contributed by atoms with Crippen molar-refractivity contribution >= 4 is 5.91 Å². The third-order valence-electron chi connectivity index (χ3n) is 4.21. The number of fused-ring (bicyclic) bond motifs is 1. The van der Waals surface area contributed by atoms with Crippen molar-refractivity contribution in [2.75, 3.05) is 13.2 Å². The zero-order chi connectivity index (χ0) is 15.5. The van der Waals surface area contributed by atoms with Crippen LogP contribution < -0.4 is 4.74 Å². The molecule has 114 valence electrons. The van der Waals surface area contributed by atoms with E-state index in [4.69, 9.17) is 10.00 Å². The Hall–Kier alpha value is -2.42. The van der Waals surface area contributed by atoms with Gasteiger partial charge in [-0.2, -0.15) is 5.26 Å². The fraction of sp³-hybridized carbons (Fsp3) is 0.500. The summed E-state index contributed by atoms with van der Waals surface area (Å²) in [6.07, 6.45) is 6.43. The molecule has 0 bridgehead atoms. The number of piperidine rings is 1. The van der Waals surface area contributed by atoms with Crippen LogP contribution in [0.4, 0.5) is 0 Å². The van der Waals surface area contributed by atoms with Crippen LogP contribution in [0.5, 0.6) is 5.88 Å². The minimum absolute atomic E-state index is 0.100. The maximum absolute atomic E-state index is 12.2. The van der Waals surface area contributed by atoms with Gasteiger partial charge >= 0.3 is 0 Å². The fourth-order valence-electron chi connectivity index (χ4n) is 2.87. The fourth-order valence-corrected chi connectivity index (χ4v) is 2.87. The average molecular weight is 298 g/mol. The van der Waals surface area contributed by atoms with Gasteiger partial charge < -0.3 is 9.64 Å². The second kappa shape index (κ2) is 6.14. The molecule has 0 N–H and O–H groups in total. The number of amides is 1. The van der Waals surface area contributed by atoms with Crippen LogP contribution in [0.2, 0.25) is 0 Å². The molecule has 22 heavy (non-hydrogen) atoms. The van der Waals surface area contributed by atoms with Crippen molar-refractivity contribution in [2.45, 2.75) is 31.7 Å². The van der Waals surface area contributed by atoms with Crippen LogP contribution in [0, 0.1) is 17.2 Å². The highest BCUT2D eigenvalue weighted by Crippen LogP contribution is 2.44. The number of hydrogen-bond acceptors (Lipinski definition) is 5. The first kappa shape index (κ1) is 14.5. The Morgan fingerprint density at radius 3 is 2.95 bits per heavy atom. The van der Waals surface area contributed by atoms with E-state index in [0.29, 0.717) is 36.9 Å². The molecule has 1 aliphatic carbocycles. The molecule has 0 radical (unpaired) electrons. The van der Waals surface area contributed by atoms with Crippen molar-refractivity contribution in [3.05, 3.63) is 30.2 Å². The molecule has 1 amide bonds. The lowest BCUT2D eigenvalue weighted by molar-refractivity contribution is -0.127. The lowest BCUT2D eigenvalue weighted by atomic mass is 10.1. The molecular weight excluding hydrogens is 280 g/mol. The first-order valence-corrected chi connectivity index (χ1v) is 7.52. The summed E-state index contributed by atoms with van der Waals surface area (Å²) in [7, 11) is 0. The van der Waals surface area contributed by atoms with Gasteiger partial charge in [-0.3, -0.25) is 4.79 Å². The molecule has 0 spiro atoms. The Labute approximate surface area is 129 Å². The number of carbonyl (C=O) groups excluding carboxylic acids is 1. The summed E-state index contributed by atoms with van der Waals surface area (Å²) in [5.74, 6) is 1.23. The minimum atomic E-state index is 0.100. The van der Waals surface area contributed by atoms with Gasteiger partial charge in [0, 0.05) is 18.2 Å². The standard InChI is InChI=1S/C16H18N4O2/c1-11(16(21)20-5-4-12-7-14(12)20)3-2-6-22-15-10-18-13(8-17)9-19-15/h9-10,12,14H,1-7H2. The molecule has 2 fully saturated rings. The number of hydrogen-bond donors (Lipinski definition) is 0. The van der Waals surface area contributed by atoms with Crippen LogP contribution in [-0.4, -0.2) is 40.0 Å². The molecule has 1 saturated heterocycles. The van der Waals surface area contributed by atoms with Crippen molar-refractivity contribution in [3.63, 3.8) is 0 Å². The number of ether oxygens (including phenoxy) is 1. The van der Waals surface area contributed by atoms with Gasteiger partial charge in [0.15, 0.2) is 5.69 Å². The molecule has 1 aliphatic heterocycles. The third kappa shape index (κ3) is 3.08. The average Bonchev–Trinajstić information content (AvgIpc) is 3.21. The molecule has 1 saturated carbocycles. The highest BCUT2D eigenvalue weighted by atomic mass is 16.5. The maximum Gasteiger partial charge on any atom is 0.249 e. The zero-order valence-corrected chi connectivity index (χ0v) is 12.4.